The van der Waals surface area contributed by atoms with E-state index in [9.17, 15) is 20.1 Å². The molecule has 5 atom stereocenters. The van der Waals surface area contributed by atoms with Crippen LogP contribution < -0.4 is 0 Å². The van der Waals surface area contributed by atoms with Crippen LogP contribution in [0.5, 0.6) is 5.75 Å². The van der Waals surface area contributed by atoms with Gasteiger partial charge in [0, 0.05) is 30.7 Å². The summed E-state index contributed by atoms with van der Waals surface area (Å²) in [4.78, 5) is 10.6. The second-order valence-electron chi connectivity index (χ2n) is 8.62. The van der Waals surface area contributed by atoms with Crippen LogP contribution in [0.4, 0.5) is 0 Å². The van der Waals surface area contributed by atoms with Crippen LogP contribution in [-0.4, -0.2) is 57.2 Å². The predicted octanol–water partition coefficient (Wildman–Crippen LogP) is 4.24. The largest absolute Gasteiger partial charge is 0.508 e. The molecule has 1 aliphatic rings. The van der Waals surface area contributed by atoms with E-state index in [0.717, 1.165) is 11.1 Å². The van der Waals surface area contributed by atoms with Crippen molar-refractivity contribution in [1.29, 1.82) is 0 Å². The molecule has 4 N–H and O–H groups in total. The highest BCUT2D eigenvalue weighted by Crippen LogP contribution is 2.39. The summed E-state index contributed by atoms with van der Waals surface area (Å²) in [5.74, 6) is -0.655. The van der Waals surface area contributed by atoms with E-state index in [0.29, 0.717) is 51.7 Å². The van der Waals surface area contributed by atoms with Crippen molar-refractivity contribution < 1.29 is 30.0 Å². The zero-order valence-corrected chi connectivity index (χ0v) is 20.0. The van der Waals surface area contributed by atoms with Gasteiger partial charge in [-0.05, 0) is 62.1 Å². The highest BCUT2D eigenvalue weighted by atomic mass is 35.5. The molecule has 7 heteroatoms. The maximum atomic E-state index is 10.6. The topological polar surface area (TPSA) is 107 Å². The lowest BCUT2D eigenvalue weighted by Gasteiger charge is -2.19. The molecular formula is C26H37ClO6. The third kappa shape index (κ3) is 9.49. The van der Waals surface area contributed by atoms with Crippen molar-refractivity contribution in [2.24, 2.45) is 11.8 Å². The number of ether oxygens (including phenoxy) is 1. The van der Waals surface area contributed by atoms with Crippen LogP contribution in [0, 0.1) is 11.8 Å². The molecule has 0 heterocycles. The Morgan fingerprint density at radius 2 is 2.12 bits per heavy atom. The van der Waals surface area contributed by atoms with Crippen LogP contribution in [-0.2, 0) is 22.4 Å². The number of aromatic hydroxyl groups is 1. The number of alkyl halides is 1. The number of aliphatic carboxylic acids is 1. The number of allylic oxidation sites excluding steroid dienone is 2. The number of aliphatic hydroxyl groups excluding tert-OH is 2. The summed E-state index contributed by atoms with van der Waals surface area (Å²) in [6, 6.07) is 5.33. The number of rotatable bonds is 14. The quantitative estimate of drug-likeness (QED) is 0.180. The number of halogens is 1. The van der Waals surface area contributed by atoms with Gasteiger partial charge >= 0.3 is 5.97 Å². The van der Waals surface area contributed by atoms with E-state index in [-0.39, 0.29) is 29.4 Å². The third-order valence-corrected chi connectivity index (χ3v) is 6.57. The number of phenolic OH excluding ortho intramolecular Hbond substituents is 1. The molecule has 0 saturated heterocycles. The summed E-state index contributed by atoms with van der Waals surface area (Å²) >= 11 is 6.48. The Morgan fingerprint density at radius 1 is 1.33 bits per heavy atom. The van der Waals surface area contributed by atoms with Gasteiger partial charge in [0.1, 0.15) is 5.75 Å². The minimum Gasteiger partial charge on any atom is -0.508 e. The SMILES string of the molecule is CCOCCc1cc(CC(O)/C=C/[C@@H]2[C@@H](C/C=C\CCCC(=O)O)[C@H](Cl)C[C@H]2O)ccc1O. The number of hydrogen-bond donors (Lipinski definition) is 4. The lowest BCUT2D eigenvalue weighted by Crippen LogP contribution is -2.19. The standard InChI is InChI=1S/C26H37ClO6/c1-2-33-14-13-19-15-18(9-12-24(19)29)16-20(28)10-11-22-21(23(27)17-25(22)30)7-5-3-4-6-8-26(31)32/h3,5,9-12,15,20-23,25,28-30H,2,4,6-8,13-14,16-17H2,1H3,(H,31,32)/b5-3-,11-10+/t20?,21-,22-,23-,25-/m1/s1. The molecule has 0 amide bonds. The lowest BCUT2D eigenvalue weighted by molar-refractivity contribution is -0.137. The van der Waals surface area contributed by atoms with Crippen molar-refractivity contribution in [2.75, 3.05) is 13.2 Å². The van der Waals surface area contributed by atoms with E-state index in [1.165, 1.54) is 0 Å². The molecule has 0 aromatic heterocycles. The number of carboxylic acids is 1. The molecule has 1 saturated carbocycles. The summed E-state index contributed by atoms with van der Waals surface area (Å²) in [5.41, 5.74) is 1.71. The Hall–Kier alpha value is -1.86. The van der Waals surface area contributed by atoms with E-state index in [2.05, 4.69) is 0 Å². The van der Waals surface area contributed by atoms with E-state index in [4.69, 9.17) is 21.4 Å². The number of phenols is 1. The van der Waals surface area contributed by atoms with Crippen molar-refractivity contribution in [1.82, 2.24) is 0 Å². The van der Waals surface area contributed by atoms with Gasteiger partial charge in [0.25, 0.3) is 0 Å². The summed E-state index contributed by atoms with van der Waals surface area (Å²) in [5, 5.41) is 39.6. The van der Waals surface area contributed by atoms with Crippen LogP contribution in [0.25, 0.3) is 0 Å². The maximum absolute atomic E-state index is 10.6. The first kappa shape index (κ1) is 27.4. The second kappa shape index (κ2) is 14.4. The van der Waals surface area contributed by atoms with Gasteiger partial charge in [-0.3, -0.25) is 4.79 Å². The number of hydrogen-bond acceptors (Lipinski definition) is 5. The van der Waals surface area contributed by atoms with Crippen LogP contribution in [0.3, 0.4) is 0 Å². The number of aliphatic hydroxyl groups is 2. The van der Waals surface area contributed by atoms with Crippen molar-refractivity contribution in [3.63, 3.8) is 0 Å². The highest BCUT2D eigenvalue weighted by Gasteiger charge is 2.39. The number of benzene rings is 1. The average Bonchev–Trinajstić information content (AvgIpc) is 3.03. The second-order valence-corrected chi connectivity index (χ2v) is 9.18. The molecule has 1 aromatic rings. The number of carbonyl (C=O) groups is 1. The molecule has 0 bridgehead atoms. The van der Waals surface area contributed by atoms with E-state index >= 15 is 0 Å². The highest BCUT2D eigenvalue weighted by molar-refractivity contribution is 6.21. The number of carboxylic acid groups (broad SMARTS) is 1. The molecule has 33 heavy (non-hydrogen) atoms. The fraction of sp³-hybridized carbons (Fsp3) is 0.577. The molecule has 184 valence electrons. The first-order valence-corrected chi connectivity index (χ1v) is 12.2. The molecule has 0 radical (unpaired) electrons. The van der Waals surface area contributed by atoms with Crippen LogP contribution >= 0.6 is 11.6 Å². The molecule has 6 nitrogen and oxygen atoms in total. The maximum Gasteiger partial charge on any atom is 0.303 e. The minimum atomic E-state index is -0.791. The van der Waals surface area contributed by atoms with Gasteiger partial charge in [-0.25, -0.2) is 0 Å². The molecule has 1 aliphatic carbocycles. The van der Waals surface area contributed by atoms with Crippen LogP contribution in [0.1, 0.15) is 50.2 Å². The van der Waals surface area contributed by atoms with Gasteiger partial charge < -0.3 is 25.2 Å². The normalized spacial score (nSPS) is 24.1. The summed E-state index contributed by atoms with van der Waals surface area (Å²) in [6.07, 6.45) is 9.97. The Balaban J connectivity index is 1.92. The zero-order chi connectivity index (χ0) is 24.2. The lowest BCUT2D eigenvalue weighted by atomic mass is 9.90. The van der Waals surface area contributed by atoms with Crippen molar-refractivity contribution in [3.8, 4) is 5.75 Å². The van der Waals surface area contributed by atoms with Crippen molar-refractivity contribution >= 4 is 17.6 Å². The van der Waals surface area contributed by atoms with E-state index < -0.39 is 18.2 Å². The van der Waals surface area contributed by atoms with Gasteiger partial charge in [-0.15, -0.1) is 11.6 Å². The van der Waals surface area contributed by atoms with Crippen molar-refractivity contribution in [3.05, 3.63) is 53.6 Å². The molecule has 0 spiro atoms. The summed E-state index contributed by atoms with van der Waals surface area (Å²) in [6.45, 7) is 3.09. The smallest absolute Gasteiger partial charge is 0.303 e. The van der Waals surface area contributed by atoms with Gasteiger partial charge in [0.05, 0.1) is 18.8 Å². The molecule has 2 rings (SSSR count). The third-order valence-electron chi connectivity index (χ3n) is 6.07. The van der Waals surface area contributed by atoms with Gasteiger partial charge in [-0.2, -0.15) is 0 Å². The van der Waals surface area contributed by atoms with Gasteiger partial charge in [0.2, 0.25) is 0 Å². The Labute approximate surface area is 201 Å². The predicted molar refractivity (Wildman–Crippen MR) is 130 cm³/mol. The van der Waals surface area contributed by atoms with Crippen LogP contribution in [0.15, 0.2) is 42.5 Å². The molecule has 1 unspecified atom stereocenters. The molecule has 1 aromatic carbocycles. The summed E-state index contributed by atoms with van der Waals surface area (Å²) in [7, 11) is 0. The van der Waals surface area contributed by atoms with Crippen molar-refractivity contribution in [2.45, 2.75) is 69.5 Å². The fourth-order valence-electron chi connectivity index (χ4n) is 4.27. The minimum absolute atomic E-state index is 0.0553. The van der Waals surface area contributed by atoms with Gasteiger partial charge in [-0.1, -0.05) is 36.4 Å². The Bertz CT molecular complexity index is 793. The molecular weight excluding hydrogens is 444 g/mol. The Kier molecular flexibility index (Phi) is 12.0. The van der Waals surface area contributed by atoms with Gasteiger partial charge in [0.15, 0.2) is 0 Å². The Morgan fingerprint density at radius 3 is 2.85 bits per heavy atom. The fourth-order valence-corrected chi connectivity index (χ4v) is 4.72. The van der Waals surface area contributed by atoms with Crippen LogP contribution in [0.2, 0.25) is 0 Å². The number of unbranched alkanes of at least 4 members (excludes halogenated alkanes) is 1. The molecule has 0 aliphatic heterocycles. The first-order chi connectivity index (χ1) is 15.8. The average molecular weight is 481 g/mol. The van der Waals surface area contributed by atoms with E-state index in [1.807, 2.05) is 31.2 Å². The monoisotopic (exact) mass is 480 g/mol. The summed E-state index contributed by atoms with van der Waals surface area (Å²) < 4.78 is 5.36. The van der Waals surface area contributed by atoms with E-state index in [1.54, 1.807) is 18.2 Å². The zero-order valence-electron chi connectivity index (χ0n) is 19.3. The molecule has 1 fully saturated rings. The first-order valence-electron chi connectivity index (χ1n) is 11.8.